The predicted molar refractivity (Wildman–Crippen MR) is 65.6 cm³/mol. The summed E-state index contributed by atoms with van der Waals surface area (Å²) in [6.45, 7) is 6.11. The molecule has 2 N–H and O–H groups in total. The Morgan fingerprint density at radius 1 is 1.47 bits per heavy atom. The van der Waals surface area contributed by atoms with Crippen LogP contribution >= 0.6 is 0 Å². The fourth-order valence-electron chi connectivity index (χ4n) is 2.60. The number of carbonyl (C=O) groups excluding carboxylic acids is 1. The van der Waals surface area contributed by atoms with Gasteiger partial charge in [0.25, 0.3) is 0 Å². The molecule has 1 rings (SSSR count). The smallest absolute Gasteiger partial charge is 0.305 e. The fraction of sp³-hybridized carbons (Fsp3) is 0.846. The van der Waals surface area contributed by atoms with Crippen molar-refractivity contribution >= 4 is 11.9 Å². The Morgan fingerprint density at radius 2 is 2.12 bits per heavy atom. The van der Waals surface area contributed by atoms with Crippen molar-refractivity contribution in [1.82, 2.24) is 5.32 Å². The Bertz CT molecular complexity index is 299. The maximum Gasteiger partial charge on any atom is 0.305 e. The summed E-state index contributed by atoms with van der Waals surface area (Å²) in [7, 11) is 0. The molecule has 1 amide bonds. The van der Waals surface area contributed by atoms with Crippen molar-refractivity contribution in [3.8, 4) is 0 Å². The summed E-state index contributed by atoms with van der Waals surface area (Å²) < 4.78 is 0. The van der Waals surface area contributed by atoms with E-state index in [0.717, 1.165) is 19.3 Å². The standard InChI is InChI=1S/C13H23NO3/c1-9(7-11(15)16)14-12(17)10-5-4-6-13(2,3)8-10/h9-10H,4-8H2,1-3H3,(H,14,17)(H,15,16). The zero-order chi connectivity index (χ0) is 13.1. The average molecular weight is 241 g/mol. The molecule has 98 valence electrons. The van der Waals surface area contributed by atoms with Gasteiger partial charge in [-0.15, -0.1) is 0 Å². The number of hydrogen-bond donors (Lipinski definition) is 2. The van der Waals surface area contributed by atoms with Gasteiger partial charge in [-0.1, -0.05) is 20.3 Å². The molecule has 2 atom stereocenters. The first-order valence-corrected chi connectivity index (χ1v) is 6.32. The van der Waals surface area contributed by atoms with Crippen LogP contribution in [0.3, 0.4) is 0 Å². The summed E-state index contributed by atoms with van der Waals surface area (Å²) in [5, 5.41) is 11.4. The van der Waals surface area contributed by atoms with E-state index < -0.39 is 5.97 Å². The van der Waals surface area contributed by atoms with Crippen LogP contribution in [0.5, 0.6) is 0 Å². The van der Waals surface area contributed by atoms with E-state index in [2.05, 4.69) is 19.2 Å². The van der Waals surface area contributed by atoms with Crippen LogP contribution in [-0.2, 0) is 9.59 Å². The van der Waals surface area contributed by atoms with E-state index in [4.69, 9.17) is 5.11 Å². The maximum absolute atomic E-state index is 12.0. The summed E-state index contributed by atoms with van der Waals surface area (Å²) in [6, 6.07) is -0.287. The van der Waals surface area contributed by atoms with Gasteiger partial charge in [0.05, 0.1) is 6.42 Å². The monoisotopic (exact) mass is 241 g/mol. The van der Waals surface area contributed by atoms with Crippen LogP contribution in [-0.4, -0.2) is 23.0 Å². The highest BCUT2D eigenvalue weighted by Crippen LogP contribution is 2.38. The summed E-state index contributed by atoms with van der Waals surface area (Å²) in [5.41, 5.74) is 0.232. The van der Waals surface area contributed by atoms with E-state index in [1.54, 1.807) is 6.92 Å². The van der Waals surface area contributed by atoms with Gasteiger partial charge in [0.1, 0.15) is 0 Å². The van der Waals surface area contributed by atoms with Crippen molar-refractivity contribution in [1.29, 1.82) is 0 Å². The molecule has 17 heavy (non-hydrogen) atoms. The molecular weight excluding hydrogens is 218 g/mol. The second-order valence-corrected chi connectivity index (χ2v) is 5.96. The number of nitrogens with one attached hydrogen (secondary N) is 1. The lowest BCUT2D eigenvalue weighted by Crippen LogP contribution is -2.41. The summed E-state index contributed by atoms with van der Waals surface area (Å²) in [4.78, 5) is 22.5. The molecule has 0 bridgehead atoms. The van der Waals surface area contributed by atoms with E-state index in [-0.39, 0.29) is 29.7 Å². The molecule has 1 aliphatic carbocycles. The SMILES string of the molecule is CC(CC(=O)O)NC(=O)C1CCCC(C)(C)C1. The zero-order valence-corrected chi connectivity index (χ0v) is 11.0. The molecule has 0 aliphatic heterocycles. The van der Waals surface area contributed by atoms with Crippen molar-refractivity contribution in [2.24, 2.45) is 11.3 Å². The molecule has 0 spiro atoms. The lowest BCUT2D eigenvalue weighted by atomic mass is 9.72. The van der Waals surface area contributed by atoms with Gasteiger partial charge < -0.3 is 10.4 Å². The highest BCUT2D eigenvalue weighted by molar-refractivity contribution is 5.79. The fourth-order valence-corrected chi connectivity index (χ4v) is 2.60. The average Bonchev–Trinajstić information content (AvgIpc) is 2.14. The second kappa shape index (κ2) is 5.52. The molecular formula is C13H23NO3. The number of aliphatic carboxylic acids is 1. The van der Waals surface area contributed by atoms with Gasteiger partial charge in [0.15, 0.2) is 0 Å². The number of carbonyl (C=O) groups is 2. The van der Waals surface area contributed by atoms with Crippen LogP contribution in [0.15, 0.2) is 0 Å². The van der Waals surface area contributed by atoms with Gasteiger partial charge in [0.2, 0.25) is 5.91 Å². The van der Waals surface area contributed by atoms with E-state index in [0.29, 0.717) is 0 Å². The molecule has 0 radical (unpaired) electrons. The second-order valence-electron chi connectivity index (χ2n) is 5.96. The zero-order valence-electron chi connectivity index (χ0n) is 11.0. The molecule has 1 aliphatic rings. The van der Waals surface area contributed by atoms with Gasteiger partial charge in [0, 0.05) is 12.0 Å². The van der Waals surface area contributed by atoms with Crippen molar-refractivity contribution in [3.05, 3.63) is 0 Å². The number of carboxylic acid groups (broad SMARTS) is 1. The van der Waals surface area contributed by atoms with Crippen LogP contribution < -0.4 is 5.32 Å². The first kappa shape index (κ1) is 14.0. The van der Waals surface area contributed by atoms with E-state index in [9.17, 15) is 9.59 Å². The maximum atomic E-state index is 12.0. The molecule has 4 nitrogen and oxygen atoms in total. The Balaban J connectivity index is 2.44. The van der Waals surface area contributed by atoms with Crippen molar-refractivity contribution < 1.29 is 14.7 Å². The van der Waals surface area contributed by atoms with Crippen LogP contribution in [0.1, 0.15) is 52.9 Å². The van der Waals surface area contributed by atoms with Crippen molar-refractivity contribution in [2.45, 2.75) is 58.9 Å². The van der Waals surface area contributed by atoms with Gasteiger partial charge in [-0.25, -0.2) is 0 Å². The topological polar surface area (TPSA) is 66.4 Å². The highest BCUT2D eigenvalue weighted by atomic mass is 16.4. The summed E-state index contributed by atoms with van der Waals surface area (Å²) >= 11 is 0. The lowest BCUT2D eigenvalue weighted by molar-refractivity contribution is -0.137. The van der Waals surface area contributed by atoms with Crippen LogP contribution in [0.25, 0.3) is 0 Å². The van der Waals surface area contributed by atoms with Crippen LogP contribution in [0, 0.1) is 11.3 Å². The Kier molecular flexibility index (Phi) is 4.54. The first-order chi connectivity index (χ1) is 7.80. The largest absolute Gasteiger partial charge is 0.481 e. The minimum absolute atomic E-state index is 0.0121. The van der Waals surface area contributed by atoms with Gasteiger partial charge in [-0.05, 0) is 31.6 Å². The number of rotatable bonds is 4. The minimum Gasteiger partial charge on any atom is -0.481 e. The van der Waals surface area contributed by atoms with Gasteiger partial charge >= 0.3 is 5.97 Å². The molecule has 2 unspecified atom stereocenters. The van der Waals surface area contributed by atoms with Gasteiger partial charge in [-0.2, -0.15) is 0 Å². The predicted octanol–water partition coefficient (Wildman–Crippen LogP) is 2.18. The van der Waals surface area contributed by atoms with Crippen LogP contribution in [0.4, 0.5) is 0 Å². The number of carboxylic acids is 1. The highest BCUT2D eigenvalue weighted by Gasteiger charge is 2.32. The third-order valence-electron chi connectivity index (χ3n) is 3.45. The van der Waals surface area contributed by atoms with Gasteiger partial charge in [-0.3, -0.25) is 9.59 Å². The Morgan fingerprint density at radius 3 is 2.65 bits per heavy atom. The van der Waals surface area contributed by atoms with E-state index in [1.165, 1.54) is 6.42 Å². The minimum atomic E-state index is -0.873. The Labute approximate surface area is 103 Å². The van der Waals surface area contributed by atoms with Crippen LogP contribution in [0.2, 0.25) is 0 Å². The summed E-state index contributed by atoms with van der Waals surface area (Å²) in [5.74, 6) is -0.803. The van der Waals surface area contributed by atoms with Crippen molar-refractivity contribution in [2.75, 3.05) is 0 Å². The molecule has 0 heterocycles. The Hall–Kier alpha value is -1.06. The normalized spacial score (nSPS) is 25.0. The molecule has 0 aromatic rings. The molecule has 1 fully saturated rings. The molecule has 0 aromatic carbocycles. The lowest BCUT2D eigenvalue weighted by Gasteiger charge is -2.34. The molecule has 0 saturated heterocycles. The molecule has 0 aromatic heterocycles. The third kappa shape index (κ3) is 4.75. The summed E-state index contributed by atoms with van der Waals surface area (Å²) in [6.07, 6.45) is 4.06. The quantitative estimate of drug-likeness (QED) is 0.792. The number of amides is 1. The molecule has 1 saturated carbocycles. The number of hydrogen-bond acceptors (Lipinski definition) is 2. The first-order valence-electron chi connectivity index (χ1n) is 6.32. The third-order valence-corrected chi connectivity index (χ3v) is 3.45. The van der Waals surface area contributed by atoms with E-state index >= 15 is 0 Å². The van der Waals surface area contributed by atoms with Crippen molar-refractivity contribution in [3.63, 3.8) is 0 Å². The van der Waals surface area contributed by atoms with E-state index in [1.807, 2.05) is 0 Å². The molecule has 4 heteroatoms.